The van der Waals surface area contributed by atoms with Gasteiger partial charge in [0, 0.05) is 0 Å². The van der Waals surface area contributed by atoms with Crippen LogP contribution in [0.4, 0.5) is 0 Å². The minimum Gasteiger partial charge on any atom is -0.665 e. The maximum Gasteiger partial charge on any atom is 2.00 e. The molecule has 2 atom stereocenters. The van der Waals surface area contributed by atoms with Gasteiger partial charge < -0.3 is 21.7 Å². The van der Waals surface area contributed by atoms with Gasteiger partial charge in [-0.2, -0.15) is 0 Å². The molecule has 7 heteroatoms. The maximum absolute atomic E-state index is 10.3. The summed E-state index contributed by atoms with van der Waals surface area (Å²) in [7, 11) is 0. The second-order valence-corrected chi connectivity index (χ2v) is 5.16. The summed E-state index contributed by atoms with van der Waals surface area (Å²) in [5.41, 5.74) is 16.1. The van der Waals surface area contributed by atoms with Gasteiger partial charge in [0.25, 0.3) is 11.9 Å². The van der Waals surface area contributed by atoms with Crippen LogP contribution in [0, 0.1) is 0 Å². The number of rotatable bonds is 6. The second kappa shape index (κ2) is 12.5. The van der Waals surface area contributed by atoms with E-state index in [2.05, 4.69) is 0 Å². The Balaban J connectivity index is 0.000000443. The Labute approximate surface area is 163 Å². The predicted octanol–water partition coefficient (Wildman–Crippen LogP) is 3.09. The number of hydrogen-bond donors (Lipinski definition) is 2. The molecule has 6 nitrogen and oxygen atoms in total. The SMILES string of the molecule is [NH-]C(Cc1ccccc1)C(=O)O.[NH-]C(Cc1ccccc1)C(=O)O.[Sn+2]. The van der Waals surface area contributed by atoms with E-state index in [1.54, 1.807) is 0 Å². The topological polar surface area (TPSA) is 122 Å². The first-order valence-corrected chi connectivity index (χ1v) is 7.36. The van der Waals surface area contributed by atoms with Crippen LogP contribution in [0.15, 0.2) is 60.7 Å². The van der Waals surface area contributed by atoms with Crippen LogP contribution in [0.5, 0.6) is 0 Å². The molecular formula is C18H20N2O4Sn. The van der Waals surface area contributed by atoms with Crippen molar-refractivity contribution in [3.8, 4) is 0 Å². The van der Waals surface area contributed by atoms with E-state index < -0.39 is 24.0 Å². The van der Waals surface area contributed by atoms with E-state index in [9.17, 15) is 9.59 Å². The minimum atomic E-state index is -1.07. The smallest absolute Gasteiger partial charge is 0.665 e. The van der Waals surface area contributed by atoms with Crippen LogP contribution in [-0.4, -0.2) is 58.1 Å². The van der Waals surface area contributed by atoms with Crippen molar-refractivity contribution in [2.24, 2.45) is 0 Å². The molecule has 0 fully saturated rings. The van der Waals surface area contributed by atoms with Crippen LogP contribution in [0.25, 0.3) is 11.5 Å². The molecular weight excluding hydrogens is 427 g/mol. The van der Waals surface area contributed by atoms with Gasteiger partial charge in [0.05, 0.1) is 0 Å². The van der Waals surface area contributed by atoms with E-state index in [1.165, 1.54) is 0 Å². The molecule has 2 rings (SSSR count). The van der Waals surface area contributed by atoms with Crippen molar-refractivity contribution < 1.29 is 19.8 Å². The molecule has 2 aromatic carbocycles. The average molecular weight is 447 g/mol. The molecule has 2 aromatic rings. The molecule has 0 bridgehead atoms. The van der Waals surface area contributed by atoms with Crippen LogP contribution in [0.1, 0.15) is 11.1 Å². The maximum atomic E-state index is 10.3. The quantitative estimate of drug-likeness (QED) is 0.661. The molecule has 0 aliphatic heterocycles. The number of nitrogens with one attached hydrogen (secondary N) is 2. The van der Waals surface area contributed by atoms with Gasteiger partial charge >= 0.3 is 23.9 Å². The number of aliphatic carboxylic acids is 2. The van der Waals surface area contributed by atoms with Crippen LogP contribution in [-0.2, 0) is 22.4 Å². The van der Waals surface area contributed by atoms with Crippen LogP contribution in [0.3, 0.4) is 0 Å². The van der Waals surface area contributed by atoms with Gasteiger partial charge in [0.15, 0.2) is 0 Å². The first-order valence-electron chi connectivity index (χ1n) is 7.36. The molecule has 4 N–H and O–H groups in total. The summed E-state index contributed by atoms with van der Waals surface area (Å²) >= 11 is 0. The summed E-state index contributed by atoms with van der Waals surface area (Å²) in [5, 5.41) is 16.9. The van der Waals surface area contributed by atoms with E-state index in [0.29, 0.717) is 0 Å². The van der Waals surface area contributed by atoms with E-state index >= 15 is 0 Å². The third kappa shape index (κ3) is 9.85. The summed E-state index contributed by atoms with van der Waals surface area (Å²) in [4.78, 5) is 20.6. The zero-order chi connectivity index (χ0) is 17.9. The van der Waals surface area contributed by atoms with Gasteiger partial charge in [-0.1, -0.05) is 60.7 Å². The average Bonchev–Trinajstić information content (AvgIpc) is 2.57. The summed E-state index contributed by atoms with van der Waals surface area (Å²) in [6.45, 7) is 0. The Morgan fingerprint density at radius 3 is 1.24 bits per heavy atom. The van der Waals surface area contributed by atoms with Crippen molar-refractivity contribution in [1.82, 2.24) is 0 Å². The Bertz CT molecular complexity index is 581. The van der Waals surface area contributed by atoms with Crippen molar-refractivity contribution in [2.75, 3.05) is 0 Å². The molecule has 2 unspecified atom stereocenters. The van der Waals surface area contributed by atoms with Crippen molar-refractivity contribution in [3.63, 3.8) is 0 Å². The van der Waals surface area contributed by atoms with Gasteiger partial charge in [0.1, 0.15) is 0 Å². The number of carboxylic acid groups (broad SMARTS) is 2. The zero-order valence-corrected chi connectivity index (χ0v) is 16.4. The van der Waals surface area contributed by atoms with Crippen molar-refractivity contribution in [2.45, 2.75) is 24.9 Å². The van der Waals surface area contributed by atoms with Crippen LogP contribution >= 0.6 is 0 Å². The minimum absolute atomic E-state index is 0. The van der Waals surface area contributed by atoms with Crippen LogP contribution < -0.4 is 0 Å². The fraction of sp³-hybridized carbons (Fsp3) is 0.222. The Kier molecular flexibility index (Phi) is 11.5. The number of carbonyl (C=O) groups is 2. The van der Waals surface area contributed by atoms with E-state index in [4.69, 9.17) is 21.7 Å². The first-order chi connectivity index (χ1) is 11.4. The molecule has 0 heterocycles. The van der Waals surface area contributed by atoms with Crippen molar-refractivity contribution in [1.29, 1.82) is 0 Å². The van der Waals surface area contributed by atoms with Gasteiger partial charge in [-0.15, -0.1) is 0 Å². The van der Waals surface area contributed by atoms with Gasteiger partial charge in [-0.05, 0) is 36.1 Å². The molecule has 0 aliphatic rings. The van der Waals surface area contributed by atoms with E-state index in [0.717, 1.165) is 11.1 Å². The monoisotopic (exact) mass is 448 g/mol. The third-order valence-electron chi connectivity index (χ3n) is 3.16. The number of carboxylic acids is 2. The van der Waals surface area contributed by atoms with Gasteiger partial charge in [0.2, 0.25) is 0 Å². The molecule has 0 aromatic heterocycles. The molecule has 0 spiro atoms. The Hall–Kier alpha value is -1.90. The number of benzene rings is 2. The normalized spacial score (nSPS) is 11.9. The molecule has 130 valence electrons. The van der Waals surface area contributed by atoms with E-state index in [-0.39, 0.29) is 36.7 Å². The Morgan fingerprint density at radius 1 is 0.720 bits per heavy atom. The fourth-order valence-electron chi connectivity index (χ4n) is 1.87. The summed E-state index contributed by atoms with van der Waals surface area (Å²) in [6, 6.07) is 16.3. The van der Waals surface area contributed by atoms with Crippen LogP contribution in [0.2, 0.25) is 0 Å². The molecule has 0 saturated carbocycles. The summed E-state index contributed by atoms with van der Waals surface area (Å²) < 4.78 is 0. The predicted molar refractivity (Wildman–Crippen MR) is 97.5 cm³/mol. The van der Waals surface area contributed by atoms with Crippen molar-refractivity contribution in [3.05, 3.63) is 83.3 Å². The van der Waals surface area contributed by atoms with Gasteiger partial charge in [-0.25, -0.2) is 0 Å². The molecule has 0 saturated heterocycles. The summed E-state index contributed by atoms with van der Waals surface area (Å²) in [6.07, 6.45) is 0.548. The number of hydrogen-bond acceptors (Lipinski definition) is 2. The largest absolute Gasteiger partial charge is 2.00 e. The van der Waals surface area contributed by atoms with Crippen molar-refractivity contribution >= 4 is 35.8 Å². The van der Waals surface area contributed by atoms with E-state index in [1.807, 2.05) is 60.7 Å². The Morgan fingerprint density at radius 2 is 1.00 bits per heavy atom. The molecule has 2 radical (unpaired) electrons. The van der Waals surface area contributed by atoms with Gasteiger partial charge in [-0.3, -0.25) is 9.59 Å². The summed E-state index contributed by atoms with van der Waals surface area (Å²) in [5.74, 6) is -2.14. The zero-order valence-electron chi connectivity index (χ0n) is 13.6. The first kappa shape index (κ1) is 23.1. The fourth-order valence-corrected chi connectivity index (χ4v) is 1.87. The molecule has 0 aliphatic carbocycles. The standard InChI is InChI=1S/2C9H10NO2.Sn/c2*10-8(9(11)12)6-7-4-2-1-3-5-7;/h2*1-5,8,10H,6H2,(H,11,12);/q2*-1;+2. The second-order valence-electron chi connectivity index (χ2n) is 5.16. The molecule has 25 heavy (non-hydrogen) atoms. The molecule has 0 amide bonds. The third-order valence-corrected chi connectivity index (χ3v) is 3.16.